The minimum Gasteiger partial charge on any atom is -0.376 e. The van der Waals surface area contributed by atoms with Crippen molar-refractivity contribution in [2.75, 3.05) is 12.3 Å². The smallest absolute Gasteiger partial charge is 0.227 e. The molecule has 39 heavy (non-hydrogen) atoms. The van der Waals surface area contributed by atoms with Crippen LogP contribution in [0.4, 0.5) is 0 Å². The Morgan fingerprint density at radius 2 is 1.92 bits per heavy atom. The molecule has 0 aliphatic carbocycles. The van der Waals surface area contributed by atoms with Gasteiger partial charge in [0, 0.05) is 18.2 Å². The Morgan fingerprint density at radius 1 is 1.15 bits per heavy atom. The van der Waals surface area contributed by atoms with Crippen molar-refractivity contribution in [3.8, 4) is 0 Å². The second kappa shape index (κ2) is 12.5. The Kier molecular flexibility index (Phi) is 8.81. The van der Waals surface area contributed by atoms with Crippen molar-refractivity contribution in [3.63, 3.8) is 0 Å². The number of hydrogen-bond donors (Lipinski definition) is 4. The van der Waals surface area contributed by atoms with Crippen LogP contribution in [0.25, 0.3) is 10.2 Å². The Hall–Kier alpha value is -2.99. The summed E-state index contributed by atoms with van der Waals surface area (Å²) >= 11 is 3.04. The van der Waals surface area contributed by atoms with Crippen LogP contribution in [0.5, 0.6) is 0 Å². The molecule has 11 heteroatoms. The van der Waals surface area contributed by atoms with E-state index in [9.17, 15) is 14.7 Å². The third-order valence-electron chi connectivity index (χ3n) is 7.32. The molecule has 0 spiro atoms. The summed E-state index contributed by atoms with van der Waals surface area (Å²) < 4.78 is 0.930. The van der Waals surface area contributed by atoms with Gasteiger partial charge in [0.2, 0.25) is 11.7 Å². The molecule has 5 rings (SSSR count). The maximum Gasteiger partial charge on any atom is 0.227 e. The molecule has 206 valence electrons. The van der Waals surface area contributed by atoms with Crippen molar-refractivity contribution in [1.82, 2.24) is 15.2 Å². The van der Waals surface area contributed by atoms with Crippen LogP contribution in [0.15, 0.2) is 59.6 Å². The lowest BCUT2D eigenvalue weighted by molar-refractivity contribution is -0.144. The third-order valence-corrected chi connectivity index (χ3v) is 9.75. The van der Waals surface area contributed by atoms with Gasteiger partial charge in [-0.15, -0.1) is 23.1 Å². The number of aromatic nitrogens is 1. The molecule has 2 fully saturated rings. The molecule has 5 atom stereocenters. The predicted octanol–water partition coefficient (Wildman–Crippen LogP) is 2.73. The van der Waals surface area contributed by atoms with E-state index in [1.807, 2.05) is 59.5 Å². The number of aliphatic imine (C=N–C) groups is 1. The Morgan fingerprint density at radius 3 is 2.69 bits per heavy atom. The summed E-state index contributed by atoms with van der Waals surface area (Å²) in [5, 5.41) is 15.0. The number of thiazole rings is 1. The van der Waals surface area contributed by atoms with Gasteiger partial charge in [-0.05, 0) is 49.8 Å². The maximum absolute atomic E-state index is 13.6. The number of benzene rings is 2. The van der Waals surface area contributed by atoms with Crippen LogP contribution in [0.1, 0.15) is 41.0 Å². The van der Waals surface area contributed by atoms with E-state index in [1.54, 1.807) is 11.8 Å². The topological polar surface area (TPSA) is 147 Å². The summed E-state index contributed by atoms with van der Waals surface area (Å²) in [6, 6.07) is 16.5. The van der Waals surface area contributed by atoms with Crippen LogP contribution >= 0.6 is 23.1 Å². The number of thioether (sulfide) groups is 1. The van der Waals surface area contributed by atoms with Crippen LogP contribution in [-0.2, 0) is 11.2 Å². The highest BCUT2D eigenvalue weighted by Crippen LogP contribution is 2.40. The zero-order valence-electron chi connectivity index (χ0n) is 21.6. The highest BCUT2D eigenvalue weighted by molar-refractivity contribution is 8.00. The van der Waals surface area contributed by atoms with E-state index >= 15 is 0 Å². The van der Waals surface area contributed by atoms with Crippen molar-refractivity contribution in [3.05, 3.63) is 65.2 Å². The number of carbonyl (C=O) groups excluding carboxylic acids is 2. The Bertz CT molecular complexity index is 1300. The minimum atomic E-state index is -1.06. The van der Waals surface area contributed by atoms with Gasteiger partial charge in [-0.3, -0.25) is 19.9 Å². The second-order valence-electron chi connectivity index (χ2n) is 10.0. The monoisotopic (exact) mass is 566 g/mol. The van der Waals surface area contributed by atoms with E-state index in [0.717, 1.165) is 28.6 Å². The van der Waals surface area contributed by atoms with Gasteiger partial charge in [-0.1, -0.05) is 42.5 Å². The summed E-state index contributed by atoms with van der Waals surface area (Å²) in [7, 11) is 0. The number of para-hydroxylation sites is 1. The van der Waals surface area contributed by atoms with Crippen molar-refractivity contribution >= 4 is 51.0 Å². The molecule has 2 aliphatic rings. The molecule has 4 unspecified atom stereocenters. The molecule has 0 saturated carbocycles. The highest BCUT2D eigenvalue weighted by atomic mass is 32.2. The van der Waals surface area contributed by atoms with Crippen molar-refractivity contribution < 1.29 is 14.7 Å². The van der Waals surface area contributed by atoms with Gasteiger partial charge in [0.05, 0.1) is 27.7 Å². The molecule has 3 heterocycles. The number of aliphatic hydroxyl groups excluding tert-OH is 1. The standard InChI is InChI=1S/C28H34N6O3S2/c29-28(30)31-14-6-10-20(24(35)26-33-19-9-4-5-11-22(19)39-26)32-25(36)21-16-38-23-13-12-18(27(37)34(21)23)15-17-7-2-1-3-8-17/h1-5,7-9,11,18,20-21,23,25,32,36H,6,10,12-16H2,(H4,29,30,31)/t18?,20?,21-,23?,25?/m0/s1. The van der Waals surface area contributed by atoms with Gasteiger partial charge in [0.25, 0.3) is 0 Å². The number of amides is 1. The molecule has 3 aromatic rings. The highest BCUT2D eigenvalue weighted by Gasteiger charge is 2.46. The molecule has 1 aromatic heterocycles. The average Bonchev–Trinajstić information content (AvgIpc) is 3.57. The maximum atomic E-state index is 13.6. The number of fused-ring (bicyclic) bond motifs is 2. The van der Waals surface area contributed by atoms with E-state index in [0.29, 0.717) is 36.6 Å². The minimum absolute atomic E-state index is 0.000247. The molecular weight excluding hydrogens is 532 g/mol. The first-order valence-electron chi connectivity index (χ1n) is 13.3. The van der Waals surface area contributed by atoms with E-state index in [2.05, 4.69) is 15.3 Å². The van der Waals surface area contributed by atoms with Crippen LogP contribution < -0.4 is 16.8 Å². The number of ketones is 1. The predicted molar refractivity (Wildman–Crippen MR) is 157 cm³/mol. The fourth-order valence-electron chi connectivity index (χ4n) is 5.36. The fraction of sp³-hybridized carbons (Fsp3) is 0.429. The quantitative estimate of drug-likeness (QED) is 0.0911. The summed E-state index contributed by atoms with van der Waals surface area (Å²) in [6.45, 7) is 0.372. The van der Waals surface area contributed by atoms with Crippen molar-refractivity contribution in [2.45, 2.75) is 55.8 Å². The van der Waals surface area contributed by atoms with Crippen molar-refractivity contribution in [1.29, 1.82) is 0 Å². The lowest BCUT2D eigenvalue weighted by Gasteiger charge is -2.39. The molecule has 2 aliphatic heterocycles. The van der Waals surface area contributed by atoms with Gasteiger partial charge in [0.1, 0.15) is 6.23 Å². The Balaban J connectivity index is 1.30. The molecular formula is C28H34N6O3S2. The first-order chi connectivity index (χ1) is 18.9. The van der Waals surface area contributed by atoms with Crippen molar-refractivity contribution in [2.24, 2.45) is 22.4 Å². The summed E-state index contributed by atoms with van der Waals surface area (Å²) in [5.74, 6) is 0.386. The summed E-state index contributed by atoms with van der Waals surface area (Å²) in [6.07, 6.45) is 2.31. The number of Topliss-reactive ketones (excluding diaryl/α,β-unsaturated/α-hetero) is 1. The summed E-state index contributed by atoms with van der Waals surface area (Å²) in [5.41, 5.74) is 12.8. The van der Waals surface area contributed by atoms with Crippen LogP contribution in [0.3, 0.4) is 0 Å². The molecule has 2 aromatic carbocycles. The SMILES string of the molecule is NC(N)=NCCCC(NC(O)[C@@H]1CSC2CCC(Cc3ccccc3)C(=O)N21)C(=O)c1nc2ccccc2s1. The number of nitrogens with zero attached hydrogens (tertiary/aromatic N) is 3. The molecule has 6 N–H and O–H groups in total. The molecule has 2 saturated heterocycles. The molecule has 9 nitrogen and oxygen atoms in total. The number of piperidine rings is 1. The lowest BCUT2D eigenvalue weighted by Crippen LogP contribution is -2.58. The van der Waals surface area contributed by atoms with E-state index < -0.39 is 18.3 Å². The molecule has 0 bridgehead atoms. The van der Waals surface area contributed by atoms with E-state index in [-0.39, 0.29) is 28.9 Å². The van der Waals surface area contributed by atoms with Gasteiger partial charge in [0.15, 0.2) is 11.0 Å². The average molecular weight is 567 g/mol. The molecule has 0 radical (unpaired) electrons. The lowest BCUT2D eigenvalue weighted by atomic mass is 9.89. The summed E-state index contributed by atoms with van der Waals surface area (Å²) in [4.78, 5) is 37.6. The normalized spacial score (nSPS) is 22.4. The fourth-order valence-corrected chi connectivity index (χ4v) is 7.80. The van der Waals surface area contributed by atoms with Crippen LogP contribution in [0, 0.1) is 5.92 Å². The number of nitrogens with one attached hydrogen (secondary N) is 1. The number of aliphatic hydroxyl groups is 1. The Labute approximate surface area is 236 Å². The largest absolute Gasteiger partial charge is 0.376 e. The third kappa shape index (κ3) is 6.43. The zero-order valence-corrected chi connectivity index (χ0v) is 23.2. The van der Waals surface area contributed by atoms with E-state index in [1.165, 1.54) is 11.3 Å². The molecule has 1 amide bonds. The van der Waals surface area contributed by atoms with Crippen LogP contribution in [-0.4, -0.2) is 68.6 Å². The van der Waals surface area contributed by atoms with Gasteiger partial charge < -0.3 is 21.5 Å². The van der Waals surface area contributed by atoms with E-state index in [4.69, 9.17) is 11.5 Å². The second-order valence-corrected chi connectivity index (χ2v) is 12.3. The number of guanidine groups is 1. The first kappa shape index (κ1) is 27.6. The number of rotatable bonds is 11. The van der Waals surface area contributed by atoms with Gasteiger partial charge in [-0.2, -0.15) is 0 Å². The van der Waals surface area contributed by atoms with Gasteiger partial charge >= 0.3 is 0 Å². The van der Waals surface area contributed by atoms with Crippen LogP contribution in [0.2, 0.25) is 0 Å². The number of hydrogen-bond acceptors (Lipinski definition) is 8. The van der Waals surface area contributed by atoms with Gasteiger partial charge in [-0.25, -0.2) is 4.98 Å². The number of carbonyl (C=O) groups is 2. The zero-order chi connectivity index (χ0) is 27.4. The number of nitrogens with two attached hydrogens (primary N) is 2. The first-order valence-corrected chi connectivity index (χ1v) is 15.1.